The van der Waals surface area contributed by atoms with Crippen molar-refractivity contribution in [3.63, 3.8) is 0 Å². The molecule has 0 spiro atoms. The van der Waals surface area contributed by atoms with Gasteiger partial charge in [-0.2, -0.15) is 0 Å². The smallest absolute Gasteiger partial charge is 0.285 e. The average Bonchev–Trinajstić information content (AvgIpc) is 2.30. The van der Waals surface area contributed by atoms with E-state index in [1.807, 2.05) is 53.0 Å². The molecule has 2 aromatic carbocycles. The highest BCUT2D eigenvalue weighted by atomic mass is 32.2. The molecule has 0 bridgehead atoms. The predicted octanol–water partition coefficient (Wildman–Crippen LogP) is 2.75. The first-order valence-electron chi connectivity index (χ1n) is 4.64. The monoisotopic (exact) mass is 216 g/mol. The number of hydrogen-bond acceptors (Lipinski definition) is 2. The molecule has 0 N–H and O–H groups in total. The third-order valence-electron chi connectivity index (χ3n) is 2.32. The Bertz CT molecular complexity index is 465. The lowest BCUT2D eigenvalue weighted by molar-refractivity contribution is -0.708. The number of para-hydroxylation sites is 2. The molecule has 1 aliphatic rings. The van der Waals surface area contributed by atoms with Crippen LogP contribution in [-0.2, 0) is 0 Å². The SMILES string of the molecule is [O-][O+]1c2ccccc2Sc2ccccc21. The van der Waals surface area contributed by atoms with Crippen LogP contribution >= 0.6 is 11.8 Å². The lowest BCUT2D eigenvalue weighted by Crippen LogP contribution is -2.29. The van der Waals surface area contributed by atoms with Gasteiger partial charge in [-0.25, -0.2) is 0 Å². The van der Waals surface area contributed by atoms with Gasteiger partial charge in [0.25, 0.3) is 11.5 Å². The number of benzene rings is 2. The van der Waals surface area contributed by atoms with Gasteiger partial charge in [0.2, 0.25) is 0 Å². The topological polar surface area (TPSA) is 25.8 Å². The molecule has 1 heterocycles. The summed E-state index contributed by atoms with van der Waals surface area (Å²) in [5.41, 5.74) is 0. The fourth-order valence-electron chi connectivity index (χ4n) is 1.61. The molecule has 3 rings (SSSR count). The molecular formula is C12H8O2S. The van der Waals surface area contributed by atoms with Crippen molar-refractivity contribution < 1.29 is 9.78 Å². The highest BCUT2D eigenvalue weighted by Gasteiger charge is 2.25. The Hall–Kier alpha value is -1.45. The molecule has 2 nitrogen and oxygen atoms in total. The zero-order chi connectivity index (χ0) is 10.3. The van der Waals surface area contributed by atoms with Gasteiger partial charge >= 0.3 is 0 Å². The summed E-state index contributed by atoms with van der Waals surface area (Å²) >= 11 is 1.62. The summed E-state index contributed by atoms with van der Waals surface area (Å²) in [4.78, 5) is 1.97. The van der Waals surface area contributed by atoms with Crippen molar-refractivity contribution in [3.8, 4) is 11.5 Å². The maximum Gasteiger partial charge on any atom is 0.285 e. The van der Waals surface area contributed by atoms with Gasteiger partial charge in [-0.3, -0.25) is 0 Å². The van der Waals surface area contributed by atoms with Crippen LogP contribution in [0.1, 0.15) is 0 Å². The summed E-state index contributed by atoms with van der Waals surface area (Å²) in [7, 11) is 0. The minimum Gasteiger partial charge on any atom is -0.527 e. The summed E-state index contributed by atoms with van der Waals surface area (Å²) in [6, 6.07) is 15.1. The Balaban J connectivity index is 2.20. The van der Waals surface area contributed by atoms with Gasteiger partial charge in [0.15, 0.2) is 0 Å². The van der Waals surface area contributed by atoms with Gasteiger partial charge in [0.05, 0.1) is 0 Å². The van der Waals surface area contributed by atoms with Gasteiger partial charge in [-0.1, -0.05) is 36.0 Å². The second kappa shape index (κ2) is 3.29. The average molecular weight is 216 g/mol. The van der Waals surface area contributed by atoms with Crippen molar-refractivity contribution in [1.29, 1.82) is 0 Å². The zero-order valence-corrected chi connectivity index (χ0v) is 8.66. The molecule has 3 heteroatoms. The van der Waals surface area contributed by atoms with E-state index in [0.717, 1.165) is 9.79 Å². The Morgan fingerprint density at radius 3 is 1.80 bits per heavy atom. The van der Waals surface area contributed by atoms with E-state index in [1.54, 1.807) is 11.8 Å². The minimum absolute atomic E-state index is 0.654. The van der Waals surface area contributed by atoms with E-state index in [2.05, 4.69) is 0 Å². The first-order chi connectivity index (χ1) is 7.36. The molecule has 0 unspecified atom stereocenters. The number of fused-ring (bicyclic) bond motifs is 2. The van der Waals surface area contributed by atoms with Crippen LogP contribution in [0, 0.1) is 0 Å². The first-order valence-corrected chi connectivity index (χ1v) is 5.45. The van der Waals surface area contributed by atoms with E-state index in [4.69, 9.17) is 0 Å². The molecule has 0 fully saturated rings. The third-order valence-corrected chi connectivity index (χ3v) is 3.43. The highest BCUT2D eigenvalue weighted by Crippen LogP contribution is 2.48. The van der Waals surface area contributed by atoms with Crippen LogP contribution in [0.25, 0.3) is 0 Å². The Labute approximate surface area is 91.8 Å². The molecule has 0 atom stereocenters. The molecule has 0 radical (unpaired) electrons. The second-order valence-corrected chi connectivity index (χ2v) is 4.35. The Morgan fingerprint density at radius 1 is 0.800 bits per heavy atom. The fourth-order valence-corrected chi connectivity index (χ4v) is 2.63. The van der Waals surface area contributed by atoms with Crippen molar-refractivity contribution >= 4 is 11.8 Å². The maximum absolute atomic E-state index is 11.9. The van der Waals surface area contributed by atoms with Crippen molar-refractivity contribution in [2.75, 3.05) is 0 Å². The van der Waals surface area contributed by atoms with E-state index >= 15 is 0 Å². The van der Waals surface area contributed by atoms with Gasteiger partial charge in [-0.05, 0) is 12.1 Å². The van der Waals surface area contributed by atoms with Crippen LogP contribution in [0.15, 0.2) is 58.3 Å². The summed E-state index contributed by atoms with van der Waals surface area (Å²) in [5.74, 6) is 1.31. The van der Waals surface area contributed by atoms with Crippen LogP contribution < -0.4 is 9.78 Å². The normalized spacial score (nSPS) is 13.3. The second-order valence-electron chi connectivity index (χ2n) is 3.26. The van der Waals surface area contributed by atoms with Gasteiger partial charge in [-0.15, -0.1) is 0 Å². The van der Waals surface area contributed by atoms with Crippen molar-refractivity contribution in [2.45, 2.75) is 9.79 Å². The van der Waals surface area contributed by atoms with E-state index in [9.17, 15) is 5.26 Å². The molecular weight excluding hydrogens is 208 g/mol. The summed E-state index contributed by atoms with van der Waals surface area (Å²) in [6.45, 7) is 0. The Morgan fingerprint density at radius 2 is 1.27 bits per heavy atom. The standard InChI is InChI=1S/C12H8O2S/c13-14-9-5-1-3-7-11(9)15-12-8-4-2-6-10(12)14/h1-8H. The van der Waals surface area contributed by atoms with Crippen molar-refractivity contribution in [3.05, 3.63) is 48.5 Å². The molecule has 2 aromatic rings. The molecule has 0 aromatic heterocycles. The van der Waals surface area contributed by atoms with Crippen molar-refractivity contribution in [1.82, 2.24) is 0 Å². The first kappa shape index (κ1) is 8.83. The van der Waals surface area contributed by atoms with Gasteiger partial charge in [0.1, 0.15) is 9.79 Å². The molecule has 0 amide bonds. The molecule has 74 valence electrons. The van der Waals surface area contributed by atoms with E-state index < -0.39 is 0 Å². The predicted molar refractivity (Wildman–Crippen MR) is 57.1 cm³/mol. The minimum atomic E-state index is 0.654. The quantitative estimate of drug-likeness (QED) is 0.500. The Kier molecular flexibility index (Phi) is 1.94. The van der Waals surface area contributed by atoms with Crippen LogP contribution in [0.4, 0.5) is 0 Å². The van der Waals surface area contributed by atoms with Gasteiger partial charge in [0, 0.05) is 12.1 Å². The van der Waals surface area contributed by atoms with E-state index in [-0.39, 0.29) is 0 Å². The third kappa shape index (κ3) is 1.32. The lowest BCUT2D eigenvalue weighted by Gasteiger charge is -2.30. The number of hydrogen-bond donors (Lipinski definition) is 0. The highest BCUT2D eigenvalue weighted by molar-refractivity contribution is 7.99. The van der Waals surface area contributed by atoms with Gasteiger partial charge < -0.3 is 9.78 Å². The summed E-state index contributed by atoms with van der Waals surface area (Å²) < 4.78 is 1.86. The molecule has 1 aliphatic heterocycles. The largest absolute Gasteiger partial charge is 0.527 e. The van der Waals surface area contributed by atoms with Crippen LogP contribution in [-0.4, -0.2) is 0 Å². The molecule has 15 heavy (non-hydrogen) atoms. The van der Waals surface area contributed by atoms with Crippen LogP contribution in [0.3, 0.4) is 0 Å². The van der Waals surface area contributed by atoms with E-state index in [0.29, 0.717) is 11.5 Å². The summed E-state index contributed by atoms with van der Waals surface area (Å²) in [6.07, 6.45) is 0. The molecule has 0 saturated carbocycles. The molecule has 0 aliphatic carbocycles. The van der Waals surface area contributed by atoms with Crippen LogP contribution in [0.5, 0.6) is 11.5 Å². The maximum atomic E-state index is 11.9. The number of rotatable bonds is 0. The zero-order valence-electron chi connectivity index (χ0n) is 7.84. The van der Waals surface area contributed by atoms with E-state index in [1.165, 1.54) is 0 Å². The lowest BCUT2D eigenvalue weighted by atomic mass is 10.3. The fraction of sp³-hybridized carbons (Fsp3) is 0. The summed E-state index contributed by atoms with van der Waals surface area (Å²) in [5, 5.41) is 11.9. The van der Waals surface area contributed by atoms with Crippen molar-refractivity contribution in [2.24, 2.45) is 0 Å². The molecule has 0 saturated heterocycles. The van der Waals surface area contributed by atoms with Crippen LogP contribution in [0.2, 0.25) is 0 Å².